The SMILES string of the molecule is CCCCC(=O)NC[C@@H](c1cccs1)S(=O)(=O)c1cc(C)ccc1C. The van der Waals surface area contributed by atoms with E-state index in [-0.39, 0.29) is 12.5 Å². The first kappa shape index (κ1) is 19.7. The number of nitrogens with one attached hydrogen (secondary N) is 1. The molecule has 0 fully saturated rings. The van der Waals surface area contributed by atoms with E-state index in [0.717, 1.165) is 28.8 Å². The molecule has 0 saturated heterocycles. The molecule has 25 heavy (non-hydrogen) atoms. The number of carbonyl (C=O) groups excluding carboxylic acids is 1. The summed E-state index contributed by atoms with van der Waals surface area (Å²) in [4.78, 5) is 13.0. The molecule has 1 aromatic carbocycles. The number of aryl methyl sites for hydroxylation is 2. The van der Waals surface area contributed by atoms with Crippen LogP contribution in [-0.4, -0.2) is 20.9 Å². The summed E-state index contributed by atoms with van der Waals surface area (Å²) >= 11 is 1.40. The standard InChI is InChI=1S/C19H25NO3S2/c1-4-5-8-19(21)20-13-18(16-7-6-11-24-16)25(22,23)17-12-14(2)9-10-15(17)3/h6-7,9-12,18H,4-5,8,13H2,1-3H3,(H,20,21)/t18-/m0/s1. The van der Waals surface area contributed by atoms with Gasteiger partial charge < -0.3 is 5.32 Å². The molecule has 1 heterocycles. The average molecular weight is 380 g/mol. The summed E-state index contributed by atoms with van der Waals surface area (Å²) in [6.07, 6.45) is 2.17. The Bertz CT molecular complexity index is 811. The summed E-state index contributed by atoms with van der Waals surface area (Å²) in [5, 5.41) is 3.90. The fourth-order valence-corrected chi connectivity index (χ4v) is 5.75. The van der Waals surface area contributed by atoms with Crippen molar-refractivity contribution in [2.24, 2.45) is 0 Å². The Kier molecular flexibility index (Phi) is 6.79. The van der Waals surface area contributed by atoms with Crippen molar-refractivity contribution in [3.8, 4) is 0 Å². The first-order chi connectivity index (χ1) is 11.9. The van der Waals surface area contributed by atoms with Crippen LogP contribution in [-0.2, 0) is 14.6 Å². The third kappa shape index (κ3) is 4.92. The van der Waals surface area contributed by atoms with Crippen molar-refractivity contribution in [3.63, 3.8) is 0 Å². The molecule has 2 rings (SSSR count). The number of benzene rings is 1. The lowest BCUT2D eigenvalue weighted by molar-refractivity contribution is -0.121. The summed E-state index contributed by atoms with van der Waals surface area (Å²) in [6.45, 7) is 5.80. The molecule has 0 aliphatic carbocycles. The normalized spacial score (nSPS) is 12.8. The van der Waals surface area contributed by atoms with Crippen molar-refractivity contribution in [3.05, 3.63) is 51.7 Å². The van der Waals surface area contributed by atoms with E-state index < -0.39 is 15.1 Å². The number of rotatable bonds is 8. The van der Waals surface area contributed by atoms with Crippen molar-refractivity contribution in [1.29, 1.82) is 0 Å². The first-order valence-electron chi connectivity index (χ1n) is 8.47. The van der Waals surface area contributed by atoms with Crippen molar-refractivity contribution < 1.29 is 13.2 Å². The quantitative estimate of drug-likeness (QED) is 0.748. The van der Waals surface area contributed by atoms with Crippen LogP contribution in [0.3, 0.4) is 0 Å². The topological polar surface area (TPSA) is 63.2 Å². The van der Waals surface area contributed by atoms with Crippen LogP contribution in [0.4, 0.5) is 0 Å². The molecule has 0 radical (unpaired) electrons. The number of unbranched alkanes of at least 4 members (excludes halogenated alkanes) is 1. The predicted octanol–water partition coefficient (Wildman–Crippen LogP) is 4.19. The Morgan fingerprint density at radius 2 is 2.00 bits per heavy atom. The van der Waals surface area contributed by atoms with E-state index in [0.29, 0.717) is 11.3 Å². The second-order valence-corrected chi connectivity index (χ2v) is 9.30. The summed E-state index contributed by atoms with van der Waals surface area (Å²) in [7, 11) is -3.60. The van der Waals surface area contributed by atoms with Crippen LogP contribution < -0.4 is 5.32 Å². The van der Waals surface area contributed by atoms with Gasteiger partial charge >= 0.3 is 0 Å². The van der Waals surface area contributed by atoms with Crippen molar-refractivity contribution in [2.75, 3.05) is 6.54 Å². The lowest BCUT2D eigenvalue weighted by Gasteiger charge is -2.19. The molecule has 1 amide bonds. The predicted molar refractivity (Wildman–Crippen MR) is 103 cm³/mol. The zero-order chi connectivity index (χ0) is 18.4. The van der Waals surface area contributed by atoms with E-state index in [1.165, 1.54) is 11.3 Å². The van der Waals surface area contributed by atoms with E-state index in [1.54, 1.807) is 13.0 Å². The molecular weight excluding hydrogens is 354 g/mol. The molecule has 0 bridgehead atoms. The van der Waals surface area contributed by atoms with Gasteiger partial charge in [-0.1, -0.05) is 31.5 Å². The second-order valence-electron chi connectivity index (χ2n) is 6.23. The number of thiophene rings is 1. The first-order valence-corrected chi connectivity index (χ1v) is 10.9. The van der Waals surface area contributed by atoms with Gasteiger partial charge in [-0.25, -0.2) is 8.42 Å². The van der Waals surface area contributed by atoms with Gasteiger partial charge in [0.05, 0.1) is 4.90 Å². The Hall–Kier alpha value is -1.66. The van der Waals surface area contributed by atoms with Gasteiger partial charge in [-0.15, -0.1) is 11.3 Å². The minimum atomic E-state index is -3.60. The van der Waals surface area contributed by atoms with Crippen LogP contribution in [0.5, 0.6) is 0 Å². The smallest absolute Gasteiger partial charge is 0.220 e. The minimum absolute atomic E-state index is 0.0960. The van der Waals surface area contributed by atoms with Gasteiger partial charge in [0.1, 0.15) is 5.25 Å². The number of hydrogen-bond acceptors (Lipinski definition) is 4. The number of hydrogen-bond donors (Lipinski definition) is 1. The van der Waals surface area contributed by atoms with E-state index in [4.69, 9.17) is 0 Å². The molecule has 0 unspecified atom stereocenters. The highest BCUT2D eigenvalue weighted by atomic mass is 32.2. The second kappa shape index (κ2) is 8.63. The highest BCUT2D eigenvalue weighted by Gasteiger charge is 2.31. The zero-order valence-electron chi connectivity index (χ0n) is 14.9. The maximum absolute atomic E-state index is 13.3. The van der Waals surface area contributed by atoms with Gasteiger partial charge in [-0.05, 0) is 48.9 Å². The molecule has 1 atom stereocenters. The molecule has 136 valence electrons. The van der Waals surface area contributed by atoms with Gasteiger partial charge in [0, 0.05) is 17.8 Å². The Morgan fingerprint density at radius 3 is 2.64 bits per heavy atom. The van der Waals surface area contributed by atoms with Crippen molar-refractivity contribution >= 4 is 27.1 Å². The van der Waals surface area contributed by atoms with Gasteiger partial charge in [0.15, 0.2) is 9.84 Å². The highest BCUT2D eigenvalue weighted by Crippen LogP contribution is 2.33. The molecule has 2 aromatic rings. The Labute approximate surface area is 154 Å². The average Bonchev–Trinajstić information content (AvgIpc) is 3.09. The van der Waals surface area contributed by atoms with E-state index in [1.807, 2.05) is 43.5 Å². The third-order valence-electron chi connectivity index (χ3n) is 4.13. The molecule has 0 aliphatic heterocycles. The maximum atomic E-state index is 13.3. The van der Waals surface area contributed by atoms with Gasteiger partial charge in [-0.3, -0.25) is 4.79 Å². The minimum Gasteiger partial charge on any atom is -0.354 e. The maximum Gasteiger partial charge on any atom is 0.220 e. The fourth-order valence-electron chi connectivity index (χ4n) is 2.64. The van der Waals surface area contributed by atoms with Crippen molar-refractivity contribution in [2.45, 2.75) is 50.2 Å². The molecule has 0 aliphatic rings. The van der Waals surface area contributed by atoms with Crippen LogP contribution >= 0.6 is 11.3 Å². The lowest BCUT2D eigenvalue weighted by atomic mass is 10.2. The summed E-state index contributed by atoms with van der Waals surface area (Å²) < 4.78 is 26.6. The molecule has 1 aromatic heterocycles. The fraction of sp³-hybridized carbons (Fsp3) is 0.421. The third-order valence-corrected chi connectivity index (χ3v) is 7.49. The van der Waals surface area contributed by atoms with Crippen molar-refractivity contribution in [1.82, 2.24) is 5.32 Å². The molecular formula is C19H25NO3S2. The highest BCUT2D eigenvalue weighted by molar-refractivity contribution is 7.92. The number of carbonyl (C=O) groups is 1. The molecule has 0 spiro atoms. The van der Waals surface area contributed by atoms with Crippen LogP contribution in [0, 0.1) is 13.8 Å². The lowest BCUT2D eigenvalue weighted by Crippen LogP contribution is -2.31. The van der Waals surface area contributed by atoms with Crippen LogP contribution in [0.1, 0.15) is 47.4 Å². The van der Waals surface area contributed by atoms with E-state index in [2.05, 4.69) is 5.32 Å². The summed E-state index contributed by atoms with van der Waals surface area (Å²) in [6, 6.07) is 9.10. The largest absolute Gasteiger partial charge is 0.354 e. The summed E-state index contributed by atoms with van der Waals surface area (Å²) in [5.41, 5.74) is 1.63. The van der Waals surface area contributed by atoms with Crippen LogP contribution in [0.25, 0.3) is 0 Å². The number of sulfone groups is 1. The summed E-state index contributed by atoms with van der Waals surface area (Å²) in [5.74, 6) is -0.0976. The zero-order valence-corrected chi connectivity index (χ0v) is 16.5. The monoisotopic (exact) mass is 379 g/mol. The van der Waals surface area contributed by atoms with E-state index in [9.17, 15) is 13.2 Å². The Morgan fingerprint density at radius 1 is 1.24 bits per heavy atom. The van der Waals surface area contributed by atoms with E-state index >= 15 is 0 Å². The van der Waals surface area contributed by atoms with Gasteiger partial charge in [-0.2, -0.15) is 0 Å². The van der Waals surface area contributed by atoms with Gasteiger partial charge in [0.2, 0.25) is 5.91 Å². The van der Waals surface area contributed by atoms with Gasteiger partial charge in [0.25, 0.3) is 0 Å². The number of amides is 1. The molecule has 6 heteroatoms. The molecule has 4 nitrogen and oxygen atoms in total. The van der Waals surface area contributed by atoms with Crippen LogP contribution in [0.15, 0.2) is 40.6 Å². The molecule has 0 saturated carbocycles. The molecule has 1 N–H and O–H groups in total. The van der Waals surface area contributed by atoms with Crippen LogP contribution in [0.2, 0.25) is 0 Å². The Balaban J connectivity index is 2.32.